The number of aromatic nitrogens is 3. The minimum atomic E-state index is -0.0753. The van der Waals surface area contributed by atoms with Gasteiger partial charge >= 0.3 is 5.69 Å². The fourth-order valence-corrected chi connectivity index (χ4v) is 4.42. The minimum absolute atomic E-state index is 0.0753. The van der Waals surface area contributed by atoms with Crippen LogP contribution in [0, 0.1) is 5.41 Å². The molecule has 1 heterocycles. The number of nitrogens with one attached hydrogen (secondary N) is 1. The minimum Gasteiger partial charge on any atom is -0.326 e. The highest BCUT2D eigenvalue weighted by Gasteiger charge is 2.38. The second-order valence-electron chi connectivity index (χ2n) is 6.48. The van der Waals surface area contributed by atoms with Crippen LogP contribution in [0.15, 0.2) is 9.95 Å². The van der Waals surface area contributed by atoms with Gasteiger partial charge in [-0.1, -0.05) is 32.0 Å². The second kappa shape index (κ2) is 4.66. The summed E-state index contributed by atoms with van der Waals surface area (Å²) in [7, 11) is 0. The molecule has 1 aromatic rings. The fourth-order valence-electron chi connectivity index (χ4n) is 2.90. The van der Waals surface area contributed by atoms with Crippen molar-refractivity contribution in [3.05, 3.63) is 10.5 Å². The number of aromatic amines is 1. The van der Waals surface area contributed by atoms with Crippen molar-refractivity contribution in [2.75, 3.05) is 0 Å². The highest BCUT2D eigenvalue weighted by molar-refractivity contribution is 7.99. The van der Waals surface area contributed by atoms with E-state index in [0.29, 0.717) is 11.3 Å². The maximum atomic E-state index is 11.8. The van der Waals surface area contributed by atoms with Crippen molar-refractivity contribution in [2.24, 2.45) is 11.1 Å². The van der Waals surface area contributed by atoms with Gasteiger partial charge in [0.25, 0.3) is 0 Å². The van der Waals surface area contributed by atoms with Crippen molar-refractivity contribution < 1.29 is 0 Å². The third-order valence-electron chi connectivity index (χ3n) is 4.45. The molecule has 0 radical (unpaired) electrons. The van der Waals surface area contributed by atoms with Crippen molar-refractivity contribution >= 4 is 11.8 Å². The van der Waals surface area contributed by atoms with E-state index in [1.807, 2.05) is 4.57 Å². The molecule has 1 aromatic heterocycles. The average molecular weight is 282 g/mol. The summed E-state index contributed by atoms with van der Waals surface area (Å²) in [4.78, 5) is 11.8. The Morgan fingerprint density at radius 3 is 2.84 bits per heavy atom. The smallest absolute Gasteiger partial charge is 0.326 e. The van der Waals surface area contributed by atoms with Crippen LogP contribution < -0.4 is 11.4 Å². The molecular formula is C13H22N4OS. The number of nitrogens with zero attached hydrogens (tertiary/aromatic N) is 2. The van der Waals surface area contributed by atoms with E-state index in [9.17, 15) is 4.79 Å². The normalized spacial score (nSPS) is 30.5. The first-order chi connectivity index (χ1) is 8.99. The van der Waals surface area contributed by atoms with Gasteiger partial charge in [0.2, 0.25) is 0 Å². The number of hydrogen-bond acceptors (Lipinski definition) is 4. The summed E-state index contributed by atoms with van der Waals surface area (Å²) in [5, 5.41) is 7.95. The van der Waals surface area contributed by atoms with Gasteiger partial charge in [-0.15, -0.1) is 5.10 Å². The molecule has 2 aliphatic carbocycles. The van der Waals surface area contributed by atoms with Gasteiger partial charge in [0, 0.05) is 17.3 Å². The number of hydrogen-bond donors (Lipinski definition) is 2. The van der Waals surface area contributed by atoms with E-state index in [4.69, 9.17) is 5.73 Å². The molecule has 3 rings (SSSR count). The summed E-state index contributed by atoms with van der Waals surface area (Å²) in [6.07, 6.45) is 5.68. The highest BCUT2D eigenvalue weighted by Crippen LogP contribution is 2.43. The van der Waals surface area contributed by atoms with Gasteiger partial charge in [-0.2, -0.15) is 0 Å². The molecule has 2 aliphatic rings. The lowest BCUT2D eigenvalue weighted by molar-refractivity contribution is 0.208. The molecule has 0 bridgehead atoms. The Kier molecular flexibility index (Phi) is 3.25. The maximum Gasteiger partial charge on any atom is 0.344 e. The SMILES string of the molecule is CC1(C)CCCC(Sc2n[nH]c(=O)n2C2CC2)C1N. The third kappa shape index (κ3) is 2.48. The van der Waals surface area contributed by atoms with Crippen molar-refractivity contribution in [1.29, 1.82) is 0 Å². The van der Waals surface area contributed by atoms with Crippen molar-refractivity contribution in [2.45, 2.75) is 68.4 Å². The predicted molar refractivity (Wildman–Crippen MR) is 76.4 cm³/mol. The highest BCUT2D eigenvalue weighted by atomic mass is 32.2. The summed E-state index contributed by atoms with van der Waals surface area (Å²) in [6, 6.07) is 0.521. The Morgan fingerprint density at radius 1 is 1.42 bits per heavy atom. The zero-order valence-electron chi connectivity index (χ0n) is 11.6. The molecule has 106 valence electrons. The molecule has 19 heavy (non-hydrogen) atoms. The Hall–Kier alpha value is -0.750. The van der Waals surface area contributed by atoms with Crippen LogP contribution in [0.5, 0.6) is 0 Å². The van der Waals surface area contributed by atoms with Crippen LogP contribution in [0.1, 0.15) is 52.0 Å². The molecule has 0 aromatic carbocycles. The molecule has 2 fully saturated rings. The molecular weight excluding hydrogens is 260 g/mol. The Balaban J connectivity index is 1.79. The van der Waals surface area contributed by atoms with E-state index < -0.39 is 0 Å². The van der Waals surface area contributed by atoms with E-state index in [1.54, 1.807) is 11.8 Å². The summed E-state index contributed by atoms with van der Waals surface area (Å²) in [5.41, 5.74) is 6.51. The number of nitrogens with two attached hydrogens (primary N) is 1. The zero-order chi connectivity index (χ0) is 13.6. The Labute approximate surface area is 117 Å². The standard InChI is InChI=1S/C13H22N4OS/c1-13(2)7-3-4-9(10(13)14)19-12-16-15-11(18)17(12)8-5-6-8/h8-10H,3-7,14H2,1-2H3,(H,15,18). The molecule has 0 amide bonds. The van der Waals surface area contributed by atoms with Crippen LogP contribution in [0.2, 0.25) is 0 Å². The quantitative estimate of drug-likeness (QED) is 0.888. The first-order valence-corrected chi connectivity index (χ1v) is 7.96. The van der Waals surface area contributed by atoms with E-state index in [2.05, 4.69) is 24.0 Å². The topological polar surface area (TPSA) is 76.7 Å². The molecule has 2 unspecified atom stereocenters. The molecule has 6 heteroatoms. The fraction of sp³-hybridized carbons (Fsp3) is 0.846. The largest absolute Gasteiger partial charge is 0.344 e. The lowest BCUT2D eigenvalue weighted by atomic mass is 9.73. The Bertz CT molecular complexity index is 517. The molecule has 0 spiro atoms. The van der Waals surface area contributed by atoms with Gasteiger partial charge in [-0.05, 0) is 31.1 Å². The maximum absolute atomic E-state index is 11.8. The van der Waals surface area contributed by atoms with Crippen LogP contribution in [0.3, 0.4) is 0 Å². The number of thioether (sulfide) groups is 1. The van der Waals surface area contributed by atoms with Crippen LogP contribution in [0.4, 0.5) is 0 Å². The van der Waals surface area contributed by atoms with Gasteiger partial charge < -0.3 is 5.73 Å². The second-order valence-corrected chi connectivity index (χ2v) is 7.68. The van der Waals surface area contributed by atoms with Gasteiger partial charge in [0.1, 0.15) is 0 Å². The first kappa shape index (κ1) is 13.2. The number of rotatable bonds is 3. The summed E-state index contributed by atoms with van der Waals surface area (Å²) in [5.74, 6) is 0. The van der Waals surface area contributed by atoms with E-state index in [-0.39, 0.29) is 17.1 Å². The molecule has 3 N–H and O–H groups in total. The van der Waals surface area contributed by atoms with Crippen molar-refractivity contribution in [3.8, 4) is 0 Å². The average Bonchev–Trinajstić information content (AvgIpc) is 3.11. The summed E-state index contributed by atoms with van der Waals surface area (Å²) >= 11 is 1.69. The number of H-pyrrole nitrogens is 1. The van der Waals surface area contributed by atoms with Crippen LogP contribution in [0.25, 0.3) is 0 Å². The van der Waals surface area contributed by atoms with Gasteiger partial charge in [0.05, 0.1) is 0 Å². The van der Waals surface area contributed by atoms with Crippen molar-refractivity contribution in [3.63, 3.8) is 0 Å². The van der Waals surface area contributed by atoms with Gasteiger partial charge in [-0.25, -0.2) is 9.89 Å². The van der Waals surface area contributed by atoms with Crippen LogP contribution in [-0.4, -0.2) is 26.1 Å². The zero-order valence-corrected chi connectivity index (χ0v) is 12.4. The van der Waals surface area contributed by atoms with Gasteiger partial charge in [-0.3, -0.25) is 4.57 Å². The van der Waals surface area contributed by atoms with E-state index >= 15 is 0 Å². The van der Waals surface area contributed by atoms with Gasteiger partial charge in [0.15, 0.2) is 5.16 Å². The van der Waals surface area contributed by atoms with Crippen LogP contribution in [-0.2, 0) is 0 Å². The third-order valence-corrected chi connectivity index (χ3v) is 5.78. The van der Waals surface area contributed by atoms with Crippen molar-refractivity contribution in [1.82, 2.24) is 14.8 Å². The molecule has 2 atom stereocenters. The predicted octanol–water partition coefficient (Wildman–Crippen LogP) is 1.90. The molecule has 0 saturated heterocycles. The first-order valence-electron chi connectivity index (χ1n) is 7.08. The lowest BCUT2D eigenvalue weighted by Gasteiger charge is -2.41. The Morgan fingerprint density at radius 2 is 2.16 bits per heavy atom. The summed E-state index contributed by atoms with van der Waals surface area (Å²) in [6.45, 7) is 4.48. The summed E-state index contributed by atoms with van der Waals surface area (Å²) < 4.78 is 1.82. The molecule has 5 nitrogen and oxygen atoms in total. The monoisotopic (exact) mass is 282 g/mol. The van der Waals surface area contributed by atoms with E-state index in [1.165, 1.54) is 12.8 Å². The lowest BCUT2D eigenvalue weighted by Crippen LogP contribution is -2.48. The molecule has 0 aliphatic heterocycles. The van der Waals surface area contributed by atoms with E-state index in [0.717, 1.165) is 24.4 Å². The van der Waals surface area contributed by atoms with Crippen LogP contribution >= 0.6 is 11.8 Å². The molecule has 2 saturated carbocycles.